The Morgan fingerprint density at radius 1 is 1.03 bits per heavy atom. The number of nitrogens with zero attached hydrogens (tertiary/aromatic N) is 1. The number of hydrogen-bond acceptors (Lipinski definition) is 4. The minimum atomic E-state index is -0.543. The van der Waals surface area contributed by atoms with Crippen molar-refractivity contribution in [3.8, 4) is 17.0 Å². The predicted octanol–water partition coefficient (Wildman–Crippen LogP) is 5.66. The Morgan fingerprint density at radius 2 is 1.76 bits per heavy atom. The Hall–Kier alpha value is -3.64. The van der Waals surface area contributed by atoms with Crippen LogP contribution in [0.4, 0.5) is 5.69 Å². The molecule has 1 N–H and O–H groups in total. The van der Waals surface area contributed by atoms with Gasteiger partial charge in [-0.25, -0.2) is 0 Å². The van der Waals surface area contributed by atoms with E-state index in [-0.39, 0.29) is 28.8 Å². The van der Waals surface area contributed by atoms with Crippen molar-refractivity contribution in [2.75, 3.05) is 6.61 Å². The molecule has 0 saturated heterocycles. The van der Waals surface area contributed by atoms with Crippen molar-refractivity contribution >= 4 is 34.0 Å². The van der Waals surface area contributed by atoms with Crippen LogP contribution in [0.25, 0.3) is 22.2 Å². The van der Waals surface area contributed by atoms with Crippen LogP contribution in [-0.2, 0) is 0 Å². The van der Waals surface area contributed by atoms with Crippen LogP contribution in [0, 0.1) is 10.1 Å². The molecule has 1 aromatic heterocycles. The van der Waals surface area contributed by atoms with Crippen molar-refractivity contribution < 1.29 is 14.5 Å². The second-order valence-corrected chi connectivity index (χ2v) is 6.78. The van der Waals surface area contributed by atoms with E-state index in [0.717, 1.165) is 22.2 Å². The molecule has 0 radical (unpaired) electrons. The Kier molecular flexibility index (Phi) is 5.01. The summed E-state index contributed by atoms with van der Waals surface area (Å²) in [7, 11) is 0. The summed E-state index contributed by atoms with van der Waals surface area (Å²) in [5.41, 5.74) is 2.85. The van der Waals surface area contributed by atoms with Crippen molar-refractivity contribution in [3.05, 3.63) is 93.5 Å². The van der Waals surface area contributed by atoms with Crippen molar-refractivity contribution in [3.63, 3.8) is 0 Å². The summed E-state index contributed by atoms with van der Waals surface area (Å²) < 4.78 is 5.58. The molecule has 7 heteroatoms. The lowest BCUT2D eigenvalue weighted by Crippen LogP contribution is -2.12. The first kappa shape index (κ1) is 18.7. The van der Waals surface area contributed by atoms with E-state index in [1.807, 2.05) is 54.6 Å². The van der Waals surface area contributed by atoms with E-state index in [0.29, 0.717) is 5.56 Å². The third kappa shape index (κ3) is 3.70. The number of nitro benzene ring substituents is 1. The van der Waals surface area contributed by atoms with Gasteiger partial charge in [-0.15, -0.1) is 0 Å². The lowest BCUT2D eigenvalue weighted by atomic mass is 10.0. The molecule has 0 spiro atoms. The zero-order valence-corrected chi connectivity index (χ0v) is 15.8. The molecule has 6 nitrogen and oxygen atoms in total. The lowest BCUT2D eigenvalue weighted by molar-refractivity contribution is -0.384. The summed E-state index contributed by atoms with van der Waals surface area (Å²) in [5, 5.41) is 11.7. The molecule has 4 aromatic rings. The number of rotatable bonds is 6. The van der Waals surface area contributed by atoms with Gasteiger partial charge in [-0.2, -0.15) is 0 Å². The summed E-state index contributed by atoms with van der Waals surface area (Å²) >= 11 is 6.06. The summed E-state index contributed by atoms with van der Waals surface area (Å²) in [6.45, 7) is -0.251. The smallest absolute Gasteiger partial charge is 0.271 e. The number of ketones is 1. The van der Waals surface area contributed by atoms with Crippen molar-refractivity contribution in [1.82, 2.24) is 4.98 Å². The number of carbonyl (C=O) groups is 1. The third-order valence-corrected chi connectivity index (χ3v) is 4.83. The topological polar surface area (TPSA) is 85.2 Å². The average Bonchev–Trinajstić information content (AvgIpc) is 3.13. The maximum absolute atomic E-state index is 13.1. The molecule has 1 heterocycles. The molecule has 0 bridgehead atoms. The van der Waals surface area contributed by atoms with Crippen LogP contribution >= 0.6 is 11.6 Å². The van der Waals surface area contributed by atoms with Crippen LogP contribution in [0.1, 0.15) is 10.4 Å². The van der Waals surface area contributed by atoms with E-state index in [1.165, 1.54) is 18.2 Å². The number of aromatic amines is 1. The maximum Gasteiger partial charge on any atom is 0.271 e. The molecule has 0 aliphatic carbocycles. The van der Waals surface area contributed by atoms with Crippen molar-refractivity contribution in [1.29, 1.82) is 0 Å². The van der Waals surface area contributed by atoms with Gasteiger partial charge in [0.2, 0.25) is 5.78 Å². The van der Waals surface area contributed by atoms with Gasteiger partial charge in [-0.05, 0) is 17.7 Å². The summed E-state index contributed by atoms with van der Waals surface area (Å²) in [4.78, 5) is 26.7. The van der Waals surface area contributed by atoms with Gasteiger partial charge in [0.05, 0.1) is 21.2 Å². The molecule has 0 unspecified atom stereocenters. The highest BCUT2D eigenvalue weighted by atomic mass is 35.5. The molecule has 0 saturated carbocycles. The number of hydrogen-bond donors (Lipinski definition) is 1. The molecule has 0 aliphatic rings. The second kappa shape index (κ2) is 7.77. The van der Waals surface area contributed by atoms with E-state index < -0.39 is 4.92 Å². The molecule has 144 valence electrons. The van der Waals surface area contributed by atoms with E-state index in [4.69, 9.17) is 16.3 Å². The highest BCUT2D eigenvalue weighted by molar-refractivity contribution is 6.32. The van der Waals surface area contributed by atoms with Crippen LogP contribution in [0.15, 0.2) is 72.8 Å². The van der Waals surface area contributed by atoms with Crippen LogP contribution < -0.4 is 4.74 Å². The lowest BCUT2D eigenvalue weighted by Gasteiger charge is -2.08. The van der Waals surface area contributed by atoms with Gasteiger partial charge in [0.1, 0.15) is 5.75 Å². The molecule has 0 atom stereocenters. The number of para-hydroxylation sites is 1. The average molecular weight is 407 g/mol. The first-order chi connectivity index (χ1) is 14.0. The first-order valence-corrected chi connectivity index (χ1v) is 9.18. The Morgan fingerprint density at radius 3 is 2.48 bits per heavy atom. The van der Waals surface area contributed by atoms with Gasteiger partial charge in [-0.1, -0.05) is 60.1 Å². The molecule has 0 aliphatic heterocycles. The quantitative estimate of drug-likeness (QED) is 0.254. The number of H-pyrrole nitrogens is 1. The number of carbonyl (C=O) groups excluding carboxylic acids is 1. The predicted molar refractivity (Wildman–Crippen MR) is 112 cm³/mol. The Bertz CT molecular complexity index is 1220. The van der Waals surface area contributed by atoms with E-state index in [9.17, 15) is 14.9 Å². The van der Waals surface area contributed by atoms with Gasteiger partial charge in [0.15, 0.2) is 6.61 Å². The Labute approximate surface area is 170 Å². The number of benzene rings is 3. The van der Waals surface area contributed by atoms with Gasteiger partial charge < -0.3 is 9.72 Å². The summed E-state index contributed by atoms with van der Waals surface area (Å²) in [6.07, 6.45) is 0. The van der Waals surface area contributed by atoms with Crippen LogP contribution in [-0.4, -0.2) is 22.3 Å². The fourth-order valence-corrected chi connectivity index (χ4v) is 3.42. The summed E-state index contributed by atoms with van der Waals surface area (Å²) in [5.74, 6) is -0.0116. The zero-order valence-electron chi connectivity index (χ0n) is 15.1. The number of ether oxygens (including phenoxy) is 1. The number of nitro groups is 1. The first-order valence-electron chi connectivity index (χ1n) is 8.80. The monoisotopic (exact) mass is 406 g/mol. The normalized spacial score (nSPS) is 10.8. The minimum Gasteiger partial charge on any atom is -0.484 e. The standard InChI is InChI=1S/C22H15ClN2O4/c23-17-12-15(25(27)28)10-11-20(17)29-13-19(26)21-16-8-4-5-9-18(16)24-22(21)14-6-2-1-3-7-14/h1-12,24H,13H2. The van der Waals surface area contributed by atoms with Crippen LogP contribution in [0.3, 0.4) is 0 Å². The second-order valence-electron chi connectivity index (χ2n) is 6.37. The molecule has 0 amide bonds. The molecular weight excluding hydrogens is 392 g/mol. The summed E-state index contributed by atoms with van der Waals surface area (Å²) in [6, 6.07) is 21.0. The third-order valence-electron chi connectivity index (χ3n) is 4.53. The van der Waals surface area contributed by atoms with Crippen LogP contribution in [0.5, 0.6) is 5.75 Å². The number of nitrogens with one attached hydrogen (secondary N) is 1. The van der Waals surface area contributed by atoms with E-state index in [1.54, 1.807) is 0 Å². The fourth-order valence-electron chi connectivity index (χ4n) is 3.19. The number of aromatic nitrogens is 1. The molecule has 29 heavy (non-hydrogen) atoms. The zero-order chi connectivity index (χ0) is 20.4. The fraction of sp³-hybridized carbons (Fsp3) is 0.0455. The number of Topliss-reactive ketones (excluding diaryl/α,β-unsaturated/α-hetero) is 1. The highest BCUT2D eigenvalue weighted by Gasteiger charge is 2.20. The molecule has 4 rings (SSSR count). The van der Waals surface area contributed by atoms with E-state index >= 15 is 0 Å². The Balaban J connectivity index is 1.66. The number of non-ortho nitro benzene ring substituents is 1. The van der Waals surface area contributed by atoms with Gasteiger partial charge >= 0.3 is 0 Å². The SMILES string of the molecule is O=C(COc1ccc([N+](=O)[O-])cc1Cl)c1c(-c2ccccc2)[nH]c2ccccc12. The van der Waals surface area contributed by atoms with Crippen molar-refractivity contribution in [2.24, 2.45) is 0 Å². The van der Waals surface area contributed by atoms with Gasteiger partial charge in [0, 0.05) is 23.0 Å². The highest BCUT2D eigenvalue weighted by Crippen LogP contribution is 2.32. The van der Waals surface area contributed by atoms with Crippen molar-refractivity contribution in [2.45, 2.75) is 0 Å². The van der Waals surface area contributed by atoms with Gasteiger partial charge in [0.25, 0.3) is 5.69 Å². The number of fused-ring (bicyclic) bond motifs is 1. The molecular formula is C22H15ClN2O4. The van der Waals surface area contributed by atoms with E-state index in [2.05, 4.69) is 4.98 Å². The molecule has 0 fully saturated rings. The van der Waals surface area contributed by atoms with Gasteiger partial charge in [-0.3, -0.25) is 14.9 Å². The number of halogens is 1. The molecule has 3 aromatic carbocycles. The largest absolute Gasteiger partial charge is 0.484 e. The minimum absolute atomic E-state index is 0.0780. The van der Waals surface area contributed by atoms with Crippen LogP contribution in [0.2, 0.25) is 5.02 Å². The maximum atomic E-state index is 13.1.